The minimum absolute atomic E-state index is 0.235. The van der Waals surface area contributed by atoms with Gasteiger partial charge in [-0.2, -0.15) is 0 Å². The Labute approximate surface area is 196 Å². The number of hydrogen-bond acceptors (Lipinski definition) is 6. The van der Waals surface area contributed by atoms with Gasteiger partial charge in [0, 0.05) is 12.1 Å². The Kier molecular flexibility index (Phi) is 7.32. The molecule has 0 saturated heterocycles. The number of aromatic nitrogens is 1. The third-order valence-corrected chi connectivity index (χ3v) is 5.98. The molecule has 4 aromatic rings. The normalized spacial score (nSPS) is 11.7. The molecule has 1 aromatic heterocycles. The van der Waals surface area contributed by atoms with E-state index < -0.39 is 12.1 Å². The molecule has 0 aliphatic rings. The van der Waals surface area contributed by atoms with Crippen molar-refractivity contribution in [2.24, 2.45) is 0 Å². The summed E-state index contributed by atoms with van der Waals surface area (Å²) in [6.45, 7) is 1.56. The van der Waals surface area contributed by atoms with Crippen molar-refractivity contribution in [3.05, 3.63) is 83.9 Å². The summed E-state index contributed by atoms with van der Waals surface area (Å²) in [7, 11) is 0. The van der Waals surface area contributed by atoms with E-state index >= 15 is 0 Å². The largest absolute Gasteiger partial charge is 0.457 e. The molecule has 1 unspecified atom stereocenters. The van der Waals surface area contributed by atoms with E-state index in [4.69, 9.17) is 9.47 Å². The first kappa shape index (κ1) is 22.5. The Balaban J connectivity index is 1.20. The number of para-hydroxylation sites is 2. The maximum atomic E-state index is 12.4. The summed E-state index contributed by atoms with van der Waals surface area (Å²) in [5, 5.41) is 3.75. The first-order chi connectivity index (χ1) is 16.1. The van der Waals surface area contributed by atoms with Gasteiger partial charge in [-0.1, -0.05) is 30.3 Å². The summed E-state index contributed by atoms with van der Waals surface area (Å²) in [5.74, 6) is 0.612. The standard InChI is InChI=1S/C26H24N2O4S/c1-18(31-25(29)13-7-12-24-28-22-10-5-6-11-23(22)33-24)26(30)27-19-14-16-21(17-15-19)32-20-8-3-2-4-9-20/h2-6,8-11,14-18H,7,12-13H2,1H3,(H,27,30). The van der Waals surface area contributed by atoms with Gasteiger partial charge in [0.05, 0.1) is 15.2 Å². The smallest absolute Gasteiger partial charge is 0.306 e. The molecule has 0 fully saturated rings. The summed E-state index contributed by atoms with van der Waals surface area (Å²) in [4.78, 5) is 29.1. The Hall–Kier alpha value is -3.71. The van der Waals surface area contributed by atoms with Crippen molar-refractivity contribution in [1.29, 1.82) is 0 Å². The van der Waals surface area contributed by atoms with Crippen LogP contribution in [-0.4, -0.2) is 23.0 Å². The molecule has 4 rings (SSSR count). The molecule has 0 saturated carbocycles. The Morgan fingerprint density at radius 2 is 1.64 bits per heavy atom. The lowest BCUT2D eigenvalue weighted by Crippen LogP contribution is -2.29. The van der Waals surface area contributed by atoms with E-state index in [2.05, 4.69) is 10.3 Å². The number of amides is 1. The molecule has 6 nitrogen and oxygen atoms in total. The van der Waals surface area contributed by atoms with Crippen LogP contribution < -0.4 is 10.1 Å². The lowest BCUT2D eigenvalue weighted by Gasteiger charge is -2.14. The molecule has 1 amide bonds. The first-order valence-electron chi connectivity index (χ1n) is 10.7. The van der Waals surface area contributed by atoms with Crippen LogP contribution in [0, 0.1) is 0 Å². The molecule has 3 aromatic carbocycles. The van der Waals surface area contributed by atoms with Gasteiger partial charge >= 0.3 is 5.97 Å². The molecule has 1 heterocycles. The SMILES string of the molecule is CC(OC(=O)CCCc1nc2ccccc2s1)C(=O)Nc1ccc(Oc2ccccc2)cc1. The van der Waals surface area contributed by atoms with E-state index in [1.807, 2.05) is 54.6 Å². The number of esters is 1. The molecule has 1 atom stereocenters. The summed E-state index contributed by atoms with van der Waals surface area (Å²) < 4.78 is 12.2. The second kappa shape index (κ2) is 10.7. The van der Waals surface area contributed by atoms with Gasteiger partial charge < -0.3 is 14.8 Å². The molecular formula is C26H24N2O4S. The number of hydrogen-bond donors (Lipinski definition) is 1. The maximum absolute atomic E-state index is 12.4. The Morgan fingerprint density at radius 1 is 0.939 bits per heavy atom. The second-order valence-electron chi connectivity index (χ2n) is 7.49. The van der Waals surface area contributed by atoms with E-state index in [1.54, 1.807) is 42.5 Å². The van der Waals surface area contributed by atoms with Crippen molar-refractivity contribution in [2.75, 3.05) is 5.32 Å². The molecule has 33 heavy (non-hydrogen) atoms. The van der Waals surface area contributed by atoms with Crippen molar-refractivity contribution < 1.29 is 19.1 Å². The number of nitrogens with zero attached hydrogens (tertiary/aromatic N) is 1. The molecule has 1 N–H and O–H groups in total. The van der Waals surface area contributed by atoms with Gasteiger partial charge in [0.2, 0.25) is 0 Å². The van der Waals surface area contributed by atoms with Crippen molar-refractivity contribution in [2.45, 2.75) is 32.3 Å². The van der Waals surface area contributed by atoms with E-state index in [1.165, 1.54) is 0 Å². The van der Waals surface area contributed by atoms with Crippen molar-refractivity contribution in [3.63, 3.8) is 0 Å². The number of benzene rings is 3. The van der Waals surface area contributed by atoms with E-state index in [0.29, 0.717) is 24.3 Å². The monoisotopic (exact) mass is 460 g/mol. The summed E-state index contributed by atoms with van der Waals surface area (Å²) in [5.41, 5.74) is 1.57. The van der Waals surface area contributed by atoms with Gasteiger partial charge in [-0.3, -0.25) is 9.59 Å². The second-order valence-corrected chi connectivity index (χ2v) is 8.60. The van der Waals surface area contributed by atoms with E-state index in [0.717, 1.165) is 21.0 Å². The maximum Gasteiger partial charge on any atom is 0.306 e. The fourth-order valence-electron chi connectivity index (χ4n) is 3.20. The van der Waals surface area contributed by atoms with Crippen LogP contribution in [0.1, 0.15) is 24.8 Å². The van der Waals surface area contributed by atoms with Crippen LogP contribution in [-0.2, 0) is 20.7 Å². The number of rotatable bonds is 9. The molecular weight excluding hydrogens is 436 g/mol. The van der Waals surface area contributed by atoms with Crippen LogP contribution in [0.4, 0.5) is 5.69 Å². The zero-order valence-electron chi connectivity index (χ0n) is 18.2. The minimum Gasteiger partial charge on any atom is -0.457 e. The average Bonchev–Trinajstić information content (AvgIpc) is 3.24. The third kappa shape index (κ3) is 6.40. The number of ether oxygens (including phenoxy) is 2. The quantitative estimate of drug-likeness (QED) is 0.311. The van der Waals surface area contributed by atoms with Gasteiger partial charge in [-0.15, -0.1) is 11.3 Å². The van der Waals surface area contributed by atoms with Crippen LogP contribution in [0.3, 0.4) is 0 Å². The third-order valence-electron chi connectivity index (χ3n) is 4.89. The summed E-state index contributed by atoms with van der Waals surface area (Å²) in [6.07, 6.45) is 0.668. The van der Waals surface area contributed by atoms with Crippen molar-refractivity contribution in [3.8, 4) is 11.5 Å². The lowest BCUT2D eigenvalue weighted by atomic mass is 10.2. The van der Waals surface area contributed by atoms with Crippen molar-refractivity contribution >= 4 is 39.1 Å². The van der Waals surface area contributed by atoms with Gasteiger partial charge in [-0.05, 0) is 68.3 Å². The van der Waals surface area contributed by atoms with Crippen LogP contribution in [0.25, 0.3) is 10.2 Å². The predicted octanol–water partition coefficient (Wildman–Crippen LogP) is 5.98. The number of carbonyl (C=O) groups excluding carboxylic acids is 2. The highest BCUT2D eigenvalue weighted by Crippen LogP contribution is 2.24. The summed E-state index contributed by atoms with van der Waals surface area (Å²) >= 11 is 1.63. The van der Waals surface area contributed by atoms with Gasteiger partial charge in [0.15, 0.2) is 6.10 Å². The fourth-order valence-corrected chi connectivity index (χ4v) is 4.20. The van der Waals surface area contributed by atoms with Crippen LogP contribution in [0.5, 0.6) is 11.5 Å². The number of thiazole rings is 1. The van der Waals surface area contributed by atoms with Gasteiger partial charge in [0.1, 0.15) is 11.5 Å². The van der Waals surface area contributed by atoms with E-state index in [9.17, 15) is 9.59 Å². The summed E-state index contributed by atoms with van der Waals surface area (Å²) in [6, 6.07) is 24.4. The minimum atomic E-state index is -0.889. The van der Waals surface area contributed by atoms with Crippen LogP contribution >= 0.6 is 11.3 Å². The van der Waals surface area contributed by atoms with E-state index in [-0.39, 0.29) is 12.3 Å². The molecule has 0 bridgehead atoms. The van der Waals surface area contributed by atoms with Gasteiger partial charge in [-0.25, -0.2) is 4.98 Å². The van der Waals surface area contributed by atoms with Crippen LogP contribution in [0.15, 0.2) is 78.9 Å². The van der Waals surface area contributed by atoms with Gasteiger partial charge in [0.25, 0.3) is 5.91 Å². The Bertz CT molecular complexity index is 1190. The molecule has 0 aliphatic heterocycles. The molecule has 7 heteroatoms. The fraction of sp³-hybridized carbons (Fsp3) is 0.192. The molecule has 168 valence electrons. The highest BCUT2D eigenvalue weighted by Gasteiger charge is 2.18. The first-order valence-corrected chi connectivity index (χ1v) is 11.6. The zero-order valence-corrected chi connectivity index (χ0v) is 19.0. The highest BCUT2D eigenvalue weighted by molar-refractivity contribution is 7.18. The average molecular weight is 461 g/mol. The molecule has 0 spiro atoms. The van der Waals surface area contributed by atoms with Crippen molar-refractivity contribution in [1.82, 2.24) is 4.98 Å². The zero-order chi connectivity index (χ0) is 23.0. The predicted molar refractivity (Wildman–Crippen MR) is 130 cm³/mol. The topological polar surface area (TPSA) is 77.5 Å². The van der Waals surface area contributed by atoms with Crippen LogP contribution in [0.2, 0.25) is 0 Å². The number of aryl methyl sites for hydroxylation is 1. The molecule has 0 aliphatic carbocycles. The molecule has 0 radical (unpaired) electrons. The number of nitrogens with one attached hydrogen (secondary N) is 1. The number of anilines is 1. The highest BCUT2D eigenvalue weighted by atomic mass is 32.1. The Morgan fingerprint density at radius 3 is 2.39 bits per heavy atom. The number of fused-ring (bicyclic) bond motifs is 1. The number of carbonyl (C=O) groups is 2. The lowest BCUT2D eigenvalue weighted by molar-refractivity contribution is -0.153.